The van der Waals surface area contributed by atoms with Crippen molar-refractivity contribution in [3.63, 3.8) is 0 Å². The highest BCUT2D eigenvalue weighted by molar-refractivity contribution is 7.15. The van der Waals surface area contributed by atoms with Gasteiger partial charge < -0.3 is 5.32 Å². The molecular weight excluding hydrogens is 281 g/mol. The third kappa shape index (κ3) is 4.14. The van der Waals surface area contributed by atoms with Crippen LogP contribution in [-0.2, 0) is 0 Å². The van der Waals surface area contributed by atoms with Crippen LogP contribution in [0.2, 0.25) is 0 Å². The highest BCUT2D eigenvalue weighted by atomic mass is 32.1. The lowest BCUT2D eigenvalue weighted by molar-refractivity contribution is 0.501. The van der Waals surface area contributed by atoms with E-state index in [1.54, 1.807) is 17.4 Å². The lowest BCUT2D eigenvalue weighted by Gasteiger charge is -2.16. The topological polar surface area (TPSA) is 12.0 Å². The van der Waals surface area contributed by atoms with Crippen LogP contribution in [0.3, 0.4) is 0 Å². The number of benzene rings is 1. The molecule has 0 aliphatic heterocycles. The van der Waals surface area contributed by atoms with E-state index in [4.69, 9.17) is 0 Å². The molecule has 114 valence electrons. The molecule has 0 aliphatic carbocycles. The van der Waals surface area contributed by atoms with E-state index in [0.29, 0.717) is 6.04 Å². The first-order valence-corrected chi connectivity index (χ1v) is 8.57. The molecule has 1 aromatic carbocycles. The number of rotatable bonds is 7. The third-order valence-corrected chi connectivity index (χ3v) is 4.89. The second-order valence-corrected chi connectivity index (χ2v) is 6.57. The largest absolute Gasteiger partial charge is 0.309 e. The highest BCUT2D eigenvalue weighted by Gasteiger charge is 2.14. The summed E-state index contributed by atoms with van der Waals surface area (Å²) < 4.78 is 13.5. The number of nitrogens with one attached hydrogen (secondary N) is 1. The van der Waals surface area contributed by atoms with Crippen molar-refractivity contribution in [2.45, 2.75) is 46.1 Å². The van der Waals surface area contributed by atoms with Gasteiger partial charge >= 0.3 is 0 Å². The van der Waals surface area contributed by atoms with Crippen molar-refractivity contribution in [3.8, 4) is 10.4 Å². The van der Waals surface area contributed by atoms with Crippen LogP contribution in [0.5, 0.6) is 0 Å². The Kier molecular flexibility index (Phi) is 5.95. The lowest BCUT2D eigenvalue weighted by atomic mass is 10.1. The fraction of sp³-hybridized carbons (Fsp3) is 0.444. The zero-order valence-electron chi connectivity index (χ0n) is 13.1. The third-order valence-electron chi connectivity index (χ3n) is 3.65. The molecule has 0 aliphatic rings. The summed E-state index contributed by atoms with van der Waals surface area (Å²) in [4.78, 5) is 2.50. The number of aryl methyl sites for hydroxylation is 1. The van der Waals surface area contributed by atoms with E-state index in [-0.39, 0.29) is 5.82 Å². The molecule has 1 nitrogen and oxygen atoms in total. The zero-order chi connectivity index (χ0) is 15.2. The van der Waals surface area contributed by atoms with Gasteiger partial charge in [-0.25, -0.2) is 4.39 Å². The summed E-state index contributed by atoms with van der Waals surface area (Å²) in [5, 5.41) is 3.61. The van der Waals surface area contributed by atoms with E-state index in [1.165, 1.54) is 10.9 Å². The highest BCUT2D eigenvalue weighted by Crippen LogP contribution is 2.34. The van der Waals surface area contributed by atoms with Crippen molar-refractivity contribution in [2.75, 3.05) is 6.54 Å². The van der Waals surface area contributed by atoms with Crippen LogP contribution >= 0.6 is 11.3 Å². The van der Waals surface area contributed by atoms with Crippen LogP contribution in [0, 0.1) is 12.7 Å². The summed E-state index contributed by atoms with van der Waals surface area (Å²) in [5.41, 5.74) is 2.13. The van der Waals surface area contributed by atoms with Crippen LogP contribution in [0.4, 0.5) is 4.39 Å². The van der Waals surface area contributed by atoms with Crippen molar-refractivity contribution < 1.29 is 4.39 Å². The molecular formula is C18H24FNS. The molecule has 1 N–H and O–H groups in total. The second-order valence-electron chi connectivity index (χ2n) is 5.46. The van der Waals surface area contributed by atoms with Crippen molar-refractivity contribution >= 4 is 11.3 Å². The maximum atomic E-state index is 13.5. The van der Waals surface area contributed by atoms with Gasteiger partial charge in [-0.05, 0) is 61.7 Å². The van der Waals surface area contributed by atoms with E-state index < -0.39 is 0 Å². The zero-order valence-corrected chi connectivity index (χ0v) is 13.9. The Morgan fingerprint density at radius 2 is 1.95 bits per heavy atom. The van der Waals surface area contributed by atoms with E-state index in [1.807, 2.05) is 13.0 Å². The van der Waals surface area contributed by atoms with E-state index >= 15 is 0 Å². The maximum Gasteiger partial charge on any atom is 0.123 e. The maximum absolute atomic E-state index is 13.5. The summed E-state index contributed by atoms with van der Waals surface area (Å²) in [6.07, 6.45) is 3.44. The molecule has 1 unspecified atom stereocenters. The molecule has 0 fully saturated rings. The Morgan fingerprint density at radius 1 is 1.14 bits per heavy atom. The van der Waals surface area contributed by atoms with E-state index in [2.05, 4.69) is 31.3 Å². The van der Waals surface area contributed by atoms with Gasteiger partial charge in [0.15, 0.2) is 0 Å². The number of hydrogen-bond acceptors (Lipinski definition) is 2. The van der Waals surface area contributed by atoms with Gasteiger partial charge in [-0.1, -0.05) is 26.3 Å². The smallest absolute Gasteiger partial charge is 0.123 e. The van der Waals surface area contributed by atoms with Crippen molar-refractivity contribution in [1.29, 1.82) is 0 Å². The van der Waals surface area contributed by atoms with Crippen molar-refractivity contribution in [2.24, 2.45) is 0 Å². The fourth-order valence-electron chi connectivity index (χ4n) is 2.50. The van der Waals surface area contributed by atoms with Crippen LogP contribution < -0.4 is 5.32 Å². The van der Waals surface area contributed by atoms with Crippen LogP contribution in [0.25, 0.3) is 10.4 Å². The molecule has 0 saturated carbocycles. The number of hydrogen-bond donors (Lipinski definition) is 1. The molecule has 1 atom stereocenters. The van der Waals surface area contributed by atoms with Gasteiger partial charge in [0.1, 0.15) is 5.82 Å². The molecule has 1 aromatic heterocycles. The van der Waals surface area contributed by atoms with Crippen molar-refractivity contribution in [3.05, 3.63) is 46.6 Å². The summed E-state index contributed by atoms with van der Waals surface area (Å²) in [7, 11) is 0. The Morgan fingerprint density at radius 3 is 2.67 bits per heavy atom. The molecule has 21 heavy (non-hydrogen) atoms. The number of thiophene rings is 1. The minimum absolute atomic E-state index is 0.167. The molecule has 0 radical (unpaired) electrons. The average molecular weight is 305 g/mol. The molecule has 0 amide bonds. The Bertz CT molecular complexity index is 576. The predicted octanol–water partition coefficient (Wildman–Crippen LogP) is 5.70. The normalized spacial score (nSPS) is 12.6. The minimum Gasteiger partial charge on any atom is -0.309 e. The quantitative estimate of drug-likeness (QED) is 0.691. The van der Waals surface area contributed by atoms with Gasteiger partial charge in [0, 0.05) is 15.8 Å². The van der Waals surface area contributed by atoms with Crippen molar-refractivity contribution in [1.82, 2.24) is 5.32 Å². The van der Waals surface area contributed by atoms with Crippen LogP contribution in [0.1, 0.15) is 49.6 Å². The standard InChI is InChI=1S/C18H24FNS/c1-4-6-16(20-11-5-2)18-10-9-17(21-18)15-12-14(19)8-7-13(15)3/h7-10,12,16,20H,4-6,11H2,1-3H3. The van der Waals surface area contributed by atoms with Crippen LogP contribution in [-0.4, -0.2) is 6.54 Å². The summed E-state index contributed by atoms with van der Waals surface area (Å²) in [5.74, 6) is -0.167. The predicted molar refractivity (Wildman–Crippen MR) is 90.4 cm³/mol. The van der Waals surface area contributed by atoms with Gasteiger partial charge in [0.2, 0.25) is 0 Å². The first kappa shape index (κ1) is 16.2. The minimum atomic E-state index is -0.167. The summed E-state index contributed by atoms with van der Waals surface area (Å²) in [6.45, 7) is 7.47. The molecule has 1 heterocycles. The van der Waals surface area contributed by atoms with E-state index in [9.17, 15) is 4.39 Å². The molecule has 0 bridgehead atoms. The number of halogens is 1. The van der Waals surface area contributed by atoms with Gasteiger partial charge in [-0.3, -0.25) is 0 Å². The molecule has 0 saturated heterocycles. The van der Waals surface area contributed by atoms with E-state index in [0.717, 1.165) is 41.8 Å². The van der Waals surface area contributed by atoms with Crippen LogP contribution in [0.15, 0.2) is 30.3 Å². The Balaban J connectivity index is 2.24. The Hall–Kier alpha value is -1.19. The average Bonchev–Trinajstić information content (AvgIpc) is 2.95. The first-order chi connectivity index (χ1) is 10.2. The summed E-state index contributed by atoms with van der Waals surface area (Å²) >= 11 is 1.78. The monoisotopic (exact) mass is 305 g/mol. The van der Waals surface area contributed by atoms with Gasteiger partial charge in [-0.2, -0.15) is 0 Å². The molecule has 3 heteroatoms. The second kappa shape index (κ2) is 7.71. The first-order valence-electron chi connectivity index (χ1n) is 7.75. The molecule has 0 spiro atoms. The molecule has 2 aromatic rings. The van der Waals surface area contributed by atoms with Gasteiger partial charge in [0.25, 0.3) is 0 Å². The van der Waals surface area contributed by atoms with Gasteiger partial charge in [0.05, 0.1) is 0 Å². The van der Waals surface area contributed by atoms with Gasteiger partial charge in [-0.15, -0.1) is 11.3 Å². The fourth-order valence-corrected chi connectivity index (χ4v) is 3.70. The summed E-state index contributed by atoms with van der Waals surface area (Å²) in [6, 6.07) is 9.74. The Labute approximate surface area is 131 Å². The SMILES string of the molecule is CCCNC(CCC)c1ccc(-c2cc(F)ccc2C)s1. The molecule has 2 rings (SSSR count). The lowest BCUT2D eigenvalue weighted by Crippen LogP contribution is -2.21.